The van der Waals surface area contributed by atoms with Gasteiger partial charge in [0.25, 0.3) is 0 Å². The van der Waals surface area contributed by atoms with Gasteiger partial charge >= 0.3 is 6.09 Å². The van der Waals surface area contributed by atoms with Crippen molar-refractivity contribution in [2.45, 2.75) is 59.1 Å². The largest absolute Gasteiger partial charge is 0.444 e. The predicted octanol–water partition coefficient (Wildman–Crippen LogP) is 4.06. The molecule has 0 aliphatic heterocycles. The summed E-state index contributed by atoms with van der Waals surface area (Å²) >= 11 is 6.07. The highest BCUT2D eigenvalue weighted by atomic mass is 127. The number of aliphatic imine (C=N–C) groups is 1. The van der Waals surface area contributed by atoms with Crippen LogP contribution in [0.25, 0.3) is 0 Å². The van der Waals surface area contributed by atoms with E-state index in [4.69, 9.17) is 16.3 Å². The monoisotopic (exact) mass is 567 g/mol. The molecular weight excluding hydrogens is 533 g/mol. The topological polar surface area (TPSA) is 104 Å². The van der Waals surface area contributed by atoms with Gasteiger partial charge in [-0.25, -0.2) is 4.79 Å². The van der Waals surface area contributed by atoms with Crippen LogP contribution in [0.2, 0.25) is 5.02 Å². The van der Waals surface area contributed by atoms with Crippen molar-refractivity contribution < 1.29 is 14.3 Å². The summed E-state index contributed by atoms with van der Waals surface area (Å²) in [6, 6.07) is 5.39. The molecule has 176 valence electrons. The Balaban J connectivity index is 0.00000900. The molecule has 0 aliphatic carbocycles. The fraction of sp³-hybridized carbons (Fsp3) is 0.571. The Bertz CT molecular complexity index is 779. The van der Waals surface area contributed by atoms with Gasteiger partial charge in [-0.15, -0.1) is 24.0 Å². The number of ether oxygens (including phenoxy) is 1. The molecule has 1 aromatic rings. The van der Waals surface area contributed by atoms with Crippen LogP contribution >= 0.6 is 35.6 Å². The van der Waals surface area contributed by atoms with E-state index < -0.39 is 17.2 Å². The zero-order valence-electron chi connectivity index (χ0n) is 19.3. The minimum absolute atomic E-state index is 0. The zero-order valence-corrected chi connectivity index (χ0v) is 22.4. The molecule has 0 spiro atoms. The zero-order chi connectivity index (χ0) is 22.9. The summed E-state index contributed by atoms with van der Waals surface area (Å²) in [5.74, 6) is 0.399. The van der Waals surface area contributed by atoms with E-state index in [-0.39, 0.29) is 36.3 Å². The number of benzene rings is 1. The quantitative estimate of drug-likeness (QED) is 0.226. The van der Waals surface area contributed by atoms with Crippen molar-refractivity contribution in [2.75, 3.05) is 25.5 Å². The maximum absolute atomic E-state index is 12.2. The third-order valence-corrected chi connectivity index (χ3v) is 4.36. The molecule has 31 heavy (non-hydrogen) atoms. The van der Waals surface area contributed by atoms with Crippen LogP contribution in [0, 0.1) is 6.92 Å². The first-order valence-electron chi connectivity index (χ1n) is 9.83. The van der Waals surface area contributed by atoms with E-state index >= 15 is 0 Å². The van der Waals surface area contributed by atoms with Gasteiger partial charge in [0.2, 0.25) is 5.91 Å². The van der Waals surface area contributed by atoms with E-state index in [1.165, 1.54) is 0 Å². The Morgan fingerprint density at radius 2 is 1.77 bits per heavy atom. The average Bonchev–Trinajstić information content (AvgIpc) is 2.59. The van der Waals surface area contributed by atoms with E-state index in [9.17, 15) is 9.59 Å². The Hall–Kier alpha value is -1.75. The van der Waals surface area contributed by atoms with Crippen LogP contribution < -0.4 is 21.3 Å². The number of carbonyl (C=O) groups is 2. The van der Waals surface area contributed by atoms with Crippen LogP contribution in [0.5, 0.6) is 0 Å². The van der Waals surface area contributed by atoms with Gasteiger partial charge in [-0.1, -0.05) is 17.7 Å². The molecule has 0 atom stereocenters. The molecule has 10 heteroatoms. The standard InChI is InChI=1S/C21H34ClN5O3.HI/c1-14-15(22)9-8-10-16(14)26-17(28)11-12-24-18(23-7)25-13-21(5,6)27-19(29)30-20(2,3)4;/h8-10H,11-13H2,1-7H3,(H,26,28)(H,27,29)(H2,23,24,25);1H. The Morgan fingerprint density at radius 1 is 1.13 bits per heavy atom. The molecule has 0 fully saturated rings. The van der Waals surface area contributed by atoms with Gasteiger partial charge in [0.15, 0.2) is 5.96 Å². The van der Waals surface area contributed by atoms with Gasteiger partial charge in [0.05, 0.1) is 5.54 Å². The number of hydrogen-bond donors (Lipinski definition) is 4. The van der Waals surface area contributed by atoms with E-state index in [0.717, 1.165) is 5.56 Å². The first-order valence-corrected chi connectivity index (χ1v) is 10.2. The highest BCUT2D eigenvalue weighted by Gasteiger charge is 2.24. The molecule has 0 unspecified atom stereocenters. The van der Waals surface area contributed by atoms with Gasteiger partial charge in [-0.3, -0.25) is 9.79 Å². The van der Waals surface area contributed by atoms with Crippen LogP contribution in [0.1, 0.15) is 46.6 Å². The molecule has 0 saturated carbocycles. The number of rotatable bonds is 7. The van der Waals surface area contributed by atoms with E-state index in [0.29, 0.717) is 29.8 Å². The second-order valence-electron chi connectivity index (χ2n) is 8.57. The van der Waals surface area contributed by atoms with Gasteiger partial charge in [0.1, 0.15) is 5.60 Å². The summed E-state index contributed by atoms with van der Waals surface area (Å²) < 4.78 is 5.29. The molecule has 1 rings (SSSR count). The number of amides is 2. The van der Waals surface area contributed by atoms with Crippen molar-refractivity contribution in [3.05, 3.63) is 28.8 Å². The number of nitrogens with one attached hydrogen (secondary N) is 4. The molecule has 4 N–H and O–H groups in total. The van der Waals surface area contributed by atoms with E-state index in [1.807, 2.05) is 47.6 Å². The second-order valence-corrected chi connectivity index (χ2v) is 8.98. The first-order chi connectivity index (χ1) is 13.8. The van der Waals surface area contributed by atoms with Crippen molar-refractivity contribution in [3.8, 4) is 0 Å². The average molecular weight is 568 g/mol. The molecule has 0 aromatic heterocycles. The van der Waals surface area contributed by atoms with E-state index in [1.54, 1.807) is 19.2 Å². The second kappa shape index (κ2) is 12.9. The number of carbonyl (C=O) groups excluding carboxylic acids is 2. The fourth-order valence-corrected chi connectivity index (χ4v) is 2.57. The third kappa shape index (κ3) is 12.0. The number of guanidine groups is 1. The summed E-state index contributed by atoms with van der Waals surface area (Å²) in [5, 5.41) is 12.5. The van der Waals surface area contributed by atoms with Gasteiger partial charge in [-0.2, -0.15) is 0 Å². The van der Waals surface area contributed by atoms with Gasteiger partial charge < -0.3 is 26.0 Å². The Morgan fingerprint density at radius 3 is 2.35 bits per heavy atom. The SMILES string of the molecule is CN=C(NCCC(=O)Nc1cccc(Cl)c1C)NCC(C)(C)NC(=O)OC(C)(C)C.I. The molecule has 0 heterocycles. The maximum Gasteiger partial charge on any atom is 0.408 e. The number of alkyl carbamates (subject to hydrolysis) is 1. The maximum atomic E-state index is 12.2. The van der Waals surface area contributed by atoms with Crippen molar-refractivity contribution in [1.29, 1.82) is 0 Å². The smallest absolute Gasteiger partial charge is 0.408 e. The van der Waals surface area contributed by atoms with Crippen molar-refractivity contribution in [2.24, 2.45) is 4.99 Å². The van der Waals surface area contributed by atoms with Crippen LogP contribution in [-0.2, 0) is 9.53 Å². The van der Waals surface area contributed by atoms with Crippen LogP contribution in [0.4, 0.5) is 10.5 Å². The summed E-state index contributed by atoms with van der Waals surface area (Å²) in [5.41, 5.74) is 0.402. The normalized spacial score (nSPS) is 11.8. The lowest BCUT2D eigenvalue weighted by Crippen LogP contribution is -2.54. The molecule has 0 saturated heterocycles. The molecule has 0 radical (unpaired) electrons. The fourth-order valence-electron chi connectivity index (χ4n) is 2.40. The van der Waals surface area contributed by atoms with Crippen LogP contribution in [0.3, 0.4) is 0 Å². The number of nitrogens with zero attached hydrogens (tertiary/aromatic N) is 1. The summed E-state index contributed by atoms with van der Waals surface area (Å²) in [6.45, 7) is 11.9. The summed E-state index contributed by atoms with van der Waals surface area (Å²) in [6.07, 6.45) is -0.225. The van der Waals surface area contributed by atoms with Gasteiger partial charge in [0, 0.05) is 37.3 Å². The molecular formula is C21H35ClIN5O3. The molecule has 1 aromatic carbocycles. The van der Waals surface area contributed by atoms with E-state index in [2.05, 4.69) is 26.3 Å². The number of hydrogen-bond acceptors (Lipinski definition) is 4. The van der Waals surface area contributed by atoms with Crippen molar-refractivity contribution >= 4 is 59.2 Å². The lowest BCUT2D eigenvalue weighted by molar-refractivity contribution is -0.116. The minimum atomic E-state index is -0.568. The molecule has 0 bridgehead atoms. The first kappa shape index (κ1) is 29.2. The van der Waals surface area contributed by atoms with Crippen molar-refractivity contribution in [1.82, 2.24) is 16.0 Å². The number of halogens is 2. The van der Waals surface area contributed by atoms with Crippen LogP contribution in [0.15, 0.2) is 23.2 Å². The predicted molar refractivity (Wildman–Crippen MR) is 138 cm³/mol. The van der Waals surface area contributed by atoms with Crippen molar-refractivity contribution in [3.63, 3.8) is 0 Å². The van der Waals surface area contributed by atoms with Gasteiger partial charge in [-0.05, 0) is 59.2 Å². The highest BCUT2D eigenvalue weighted by molar-refractivity contribution is 14.0. The molecule has 8 nitrogen and oxygen atoms in total. The Labute approximate surface area is 207 Å². The number of anilines is 1. The highest BCUT2D eigenvalue weighted by Crippen LogP contribution is 2.22. The Kier molecular flexibility index (Phi) is 12.2. The molecule has 0 aliphatic rings. The lowest BCUT2D eigenvalue weighted by atomic mass is 10.1. The summed E-state index contributed by atoms with van der Waals surface area (Å²) in [7, 11) is 1.64. The summed E-state index contributed by atoms with van der Waals surface area (Å²) in [4.78, 5) is 28.3. The lowest BCUT2D eigenvalue weighted by Gasteiger charge is -2.29. The third-order valence-electron chi connectivity index (χ3n) is 3.95. The minimum Gasteiger partial charge on any atom is -0.444 e. The van der Waals surface area contributed by atoms with Crippen LogP contribution in [-0.4, -0.2) is 49.2 Å². The molecule has 2 amide bonds.